The minimum absolute atomic E-state index is 0.0825. The summed E-state index contributed by atoms with van der Waals surface area (Å²) in [6.07, 6.45) is 0. The van der Waals surface area contributed by atoms with Gasteiger partial charge in [-0.05, 0) is 17.7 Å². The molecule has 0 unspecified atom stereocenters. The number of rotatable bonds is 2. The fraction of sp³-hybridized carbons (Fsp3) is 0.125. The van der Waals surface area contributed by atoms with Crippen molar-refractivity contribution >= 4 is 48.3 Å². The van der Waals surface area contributed by atoms with Crippen LogP contribution >= 0.6 is 39.2 Å². The predicted octanol–water partition coefficient (Wildman–Crippen LogP) is 2.67. The van der Waals surface area contributed by atoms with Gasteiger partial charge in [-0.2, -0.15) is 5.26 Å². The Morgan fingerprint density at radius 2 is 2.13 bits per heavy atom. The van der Waals surface area contributed by atoms with Crippen molar-refractivity contribution in [2.24, 2.45) is 0 Å². The molecule has 1 aromatic carbocycles. The number of hydrogen-bond donors (Lipinski definition) is 1. The molecule has 80 valence electrons. The van der Waals surface area contributed by atoms with Gasteiger partial charge < -0.3 is 0 Å². The van der Waals surface area contributed by atoms with Crippen molar-refractivity contribution < 1.29 is 8.42 Å². The predicted molar refractivity (Wildman–Crippen MR) is 64.1 cm³/mol. The molecule has 0 N–H and O–H groups in total. The van der Waals surface area contributed by atoms with Crippen LogP contribution in [0.2, 0.25) is 0 Å². The first kappa shape index (κ1) is 12.8. The lowest BCUT2D eigenvalue weighted by molar-refractivity contribution is 0.607. The summed E-state index contributed by atoms with van der Waals surface area (Å²) in [6.45, 7) is 0. The fourth-order valence-electron chi connectivity index (χ4n) is 1.05. The maximum atomic E-state index is 11.1. The standard InChI is InChI=1S/C8H5BrClNO2S2/c9-3-6-5(4-11)1-2-7(8(6)14)15(10,12)13/h1-2,14H,3H2. The van der Waals surface area contributed by atoms with E-state index in [1.54, 1.807) is 0 Å². The van der Waals surface area contributed by atoms with Crippen molar-refractivity contribution in [1.29, 1.82) is 5.26 Å². The first-order valence-corrected chi connectivity index (χ1v) is 7.55. The van der Waals surface area contributed by atoms with Crippen LogP contribution in [0.3, 0.4) is 0 Å². The first-order chi connectivity index (χ1) is 6.91. The van der Waals surface area contributed by atoms with E-state index in [-0.39, 0.29) is 9.79 Å². The highest BCUT2D eigenvalue weighted by Gasteiger charge is 2.18. The molecule has 0 heterocycles. The summed E-state index contributed by atoms with van der Waals surface area (Å²) >= 11 is 7.23. The Kier molecular flexibility index (Phi) is 4.06. The van der Waals surface area contributed by atoms with Gasteiger partial charge in [-0.15, -0.1) is 12.6 Å². The number of nitriles is 1. The average Bonchev–Trinajstić information content (AvgIpc) is 2.15. The third-order valence-corrected chi connectivity index (χ3v) is 4.35. The van der Waals surface area contributed by atoms with Crippen LogP contribution in [-0.4, -0.2) is 8.42 Å². The van der Waals surface area contributed by atoms with Crippen LogP contribution in [0.4, 0.5) is 0 Å². The van der Waals surface area contributed by atoms with E-state index in [2.05, 4.69) is 28.6 Å². The third kappa shape index (κ3) is 2.67. The second kappa shape index (κ2) is 4.74. The second-order valence-electron chi connectivity index (χ2n) is 2.62. The quantitative estimate of drug-likeness (QED) is 0.516. The first-order valence-electron chi connectivity index (χ1n) is 3.67. The van der Waals surface area contributed by atoms with E-state index in [0.29, 0.717) is 16.5 Å². The molecule has 0 atom stereocenters. The lowest BCUT2D eigenvalue weighted by Crippen LogP contribution is -1.98. The van der Waals surface area contributed by atoms with Gasteiger partial charge in [-0.25, -0.2) is 8.42 Å². The molecule has 0 amide bonds. The van der Waals surface area contributed by atoms with E-state index in [1.807, 2.05) is 6.07 Å². The molecule has 0 saturated carbocycles. The number of benzene rings is 1. The van der Waals surface area contributed by atoms with Crippen molar-refractivity contribution in [3.05, 3.63) is 23.3 Å². The molecule has 0 spiro atoms. The highest BCUT2D eigenvalue weighted by molar-refractivity contribution is 9.08. The van der Waals surface area contributed by atoms with Crippen molar-refractivity contribution in [3.63, 3.8) is 0 Å². The number of thiol groups is 1. The van der Waals surface area contributed by atoms with Gasteiger partial charge in [0.05, 0.1) is 16.5 Å². The lowest BCUT2D eigenvalue weighted by Gasteiger charge is -2.07. The van der Waals surface area contributed by atoms with E-state index < -0.39 is 9.05 Å². The van der Waals surface area contributed by atoms with Crippen LogP contribution in [0.5, 0.6) is 0 Å². The maximum absolute atomic E-state index is 11.1. The Morgan fingerprint density at radius 3 is 2.53 bits per heavy atom. The highest BCUT2D eigenvalue weighted by Crippen LogP contribution is 2.30. The van der Waals surface area contributed by atoms with Gasteiger partial charge >= 0.3 is 0 Å². The number of hydrogen-bond acceptors (Lipinski definition) is 4. The van der Waals surface area contributed by atoms with Crippen LogP contribution < -0.4 is 0 Å². The number of alkyl halides is 1. The van der Waals surface area contributed by atoms with E-state index >= 15 is 0 Å². The van der Waals surface area contributed by atoms with Crippen LogP contribution in [0, 0.1) is 11.3 Å². The monoisotopic (exact) mass is 325 g/mol. The van der Waals surface area contributed by atoms with E-state index in [4.69, 9.17) is 15.9 Å². The fourth-order valence-corrected chi connectivity index (χ4v) is 3.62. The minimum atomic E-state index is -3.83. The molecule has 0 aliphatic heterocycles. The molecule has 7 heteroatoms. The van der Waals surface area contributed by atoms with Crippen LogP contribution in [0.15, 0.2) is 21.9 Å². The molecule has 0 radical (unpaired) electrons. The topological polar surface area (TPSA) is 57.9 Å². The Hall–Kier alpha value is -0.220. The molecule has 15 heavy (non-hydrogen) atoms. The molecule has 0 aliphatic rings. The molecular weight excluding hydrogens is 322 g/mol. The molecule has 1 rings (SSSR count). The zero-order valence-electron chi connectivity index (χ0n) is 7.24. The maximum Gasteiger partial charge on any atom is 0.262 e. The summed E-state index contributed by atoms with van der Waals surface area (Å²) < 4.78 is 22.3. The van der Waals surface area contributed by atoms with Crippen molar-refractivity contribution in [3.8, 4) is 6.07 Å². The van der Waals surface area contributed by atoms with Crippen LogP contribution in [0.25, 0.3) is 0 Å². The van der Waals surface area contributed by atoms with Gasteiger partial charge in [0.25, 0.3) is 9.05 Å². The third-order valence-electron chi connectivity index (χ3n) is 1.76. The largest absolute Gasteiger partial charge is 0.262 e. The van der Waals surface area contributed by atoms with Gasteiger partial charge in [-0.3, -0.25) is 0 Å². The highest BCUT2D eigenvalue weighted by atomic mass is 79.9. The van der Waals surface area contributed by atoms with Crippen molar-refractivity contribution in [1.82, 2.24) is 0 Å². The van der Waals surface area contributed by atoms with Gasteiger partial charge in [-0.1, -0.05) is 15.9 Å². The van der Waals surface area contributed by atoms with Crippen molar-refractivity contribution in [2.75, 3.05) is 0 Å². The Balaban J connectivity index is 3.59. The van der Waals surface area contributed by atoms with Crippen molar-refractivity contribution in [2.45, 2.75) is 15.1 Å². The van der Waals surface area contributed by atoms with E-state index in [1.165, 1.54) is 12.1 Å². The second-order valence-corrected chi connectivity index (χ2v) is 6.16. The normalized spacial score (nSPS) is 11.1. The van der Waals surface area contributed by atoms with Gasteiger partial charge in [0.15, 0.2) is 0 Å². The zero-order valence-corrected chi connectivity index (χ0v) is 11.3. The molecule has 0 aliphatic carbocycles. The summed E-state index contributed by atoms with van der Waals surface area (Å²) in [5, 5.41) is 9.12. The van der Waals surface area contributed by atoms with E-state index in [0.717, 1.165) is 0 Å². The van der Waals surface area contributed by atoms with E-state index in [9.17, 15) is 8.42 Å². The summed E-state index contributed by atoms with van der Waals surface area (Å²) in [7, 11) is 1.39. The smallest absolute Gasteiger partial charge is 0.207 e. The molecule has 1 aromatic rings. The molecule has 0 saturated heterocycles. The number of nitrogens with zero attached hydrogens (tertiary/aromatic N) is 1. The minimum Gasteiger partial charge on any atom is -0.207 e. The van der Waals surface area contributed by atoms with Gasteiger partial charge in [0, 0.05) is 20.9 Å². The Bertz CT molecular complexity index is 536. The van der Waals surface area contributed by atoms with Crippen LogP contribution in [-0.2, 0) is 14.4 Å². The molecular formula is C8H5BrClNO2S2. The molecule has 0 bridgehead atoms. The molecule has 0 fully saturated rings. The Labute approximate surface area is 106 Å². The SMILES string of the molecule is N#Cc1ccc(S(=O)(=O)Cl)c(S)c1CBr. The molecule has 0 aromatic heterocycles. The zero-order chi connectivity index (χ0) is 11.6. The summed E-state index contributed by atoms with van der Waals surface area (Å²) in [5.41, 5.74) is 0.892. The Morgan fingerprint density at radius 1 is 1.53 bits per heavy atom. The molecule has 3 nitrogen and oxygen atoms in total. The number of halogens is 2. The lowest BCUT2D eigenvalue weighted by atomic mass is 10.1. The summed E-state index contributed by atoms with van der Waals surface area (Å²) in [4.78, 5) is 0.127. The summed E-state index contributed by atoms with van der Waals surface area (Å²) in [5.74, 6) is 0. The average molecular weight is 327 g/mol. The van der Waals surface area contributed by atoms with Crippen LogP contribution in [0.1, 0.15) is 11.1 Å². The van der Waals surface area contributed by atoms with Gasteiger partial charge in [0.2, 0.25) is 0 Å². The van der Waals surface area contributed by atoms with Gasteiger partial charge in [0.1, 0.15) is 0 Å². The summed E-state index contributed by atoms with van der Waals surface area (Å²) in [6, 6.07) is 4.63.